The number of amides is 1. The summed E-state index contributed by atoms with van der Waals surface area (Å²) in [6.07, 6.45) is 8.41. The van der Waals surface area contributed by atoms with Gasteiger partial charge in [0.25, 0.3) is 21.5 Å². The molecule has 6 rings (SSSR count). The van der Waals surface area contributed by atoms with Gasteiger partial charge in [0.15, 0.2) is 5.82 Å². The molecule has 60 heavy (non-hydrogen) atoms. The van der Waals surface area contributed by atoms with Gasteiger partial charge in [-0.15, -0.1) is 0 Å². The topological polar surface area (TPSA) is 206 Å². The highest BCUT2D eigenvalue weighted by molar-refractivity contribution is 7.92. The number of pyridine rings is 2. The van der Waals surface area contributed by atoms with Crippen molar-refractivity contribution in [1.29, 1.82) is 0 Å². The van der Waals surface area contributed by atoms with Crippen molar-refractivity contribution in [3.05, 3.63) is 135 Å². The summed E-state index contributed by atoms with van der Waals surface area (Å²) in [5.74, 6) is -4.13. The van der Waals surface area contributed by atoms with E-state index >= 15 is 8.78 Å². The minimum absolute atomic E-state index is 0.00964. The molecule has 2 N–H and O–H groups in total. The first kappa shape index (κ1) is 42.9. The van der Waals surface area contributed by atoms with Crippen molar-refractivity contribution in [2.24, 2.45) is 13.0 Å². The second-order valence-corrected chi connectivity index (χ2v) is 15.4. The average molecular weight is 843 g/mol. The number of hydrogen-bond acceptors (Lipinski definition) is 12. The van der Waals surface area contributed by atoms with Gasteiger partial charge in [0.1, 0.15) is 30.1 Å². The van der Waals surface area contributed by atoms with Gasteiger partial charge in [-0.2, -0.15) is 0 Å². The number of halogens is 2. The van der Waals surface area contributed by atoms with Crippen molar-refractivity contribution < 1.29 is 36.3 Å². The molecule has 0 saturated carbocycles. The number of rotatable bonds is 16. The first-order valence-electron chi connectivity index (χ1n) is 18.6. The minimum Gasteiger partial charge on any atom is -0.464 e. The number of nitrogens with zero attached hydrogens (tertiary/aromatic N) is 6. The Morgan fingerprint density at radius 2 is 1.60 bits per heavy atom. The van der Waals surface area contributed by atoms with E-state index in [1.165, 1.54) is 79.8 Å². The number of benzene rings is 2. The quantitative estimate of drug-likeness (QED) is 0.129. The van der Waals surface area contributed by atoms with Gasteiger partial charge >= 0.3 is 11.7 Å². The van der Waals surface area contributed by atoms with Gasteiger partial charge < -0.3 is 14.8 Å². The Morgan fingerprint density at radius 1 is 0.883 bits per heavy atom. The number of carbonyl (C=O) groups excluding carboxylic acids is 2. The average Bonchev–Trinajstić information content (AvgIpc) is 3.25. The highest BCUT2D eigenvalue weighted by Gasteiger charge is 2.28. The van der Waals surface area contributed by atoms with Gasteiger partial charge in [0.2, 0.25) is 0 Å². The summed E-state index contributed by atoms with van der Waals surface area (Å²) in [6.45, 7) is 4.11. The molecule has 0 bridgehead atoms. The minimum atomic E-state index is -4.43. The van der Waals surface area contributed by atoms with Crippen LogP contribution in [0.5, 0.6) is 0 Å². The third kappa shape index (κ3) is 9.42. The molecule has 1 amide bonds. The van der Waals surface area contributed by atoms with Crippen LogP contribution in [-0.4, -0.2) is 69.1 Å². The predicted molar refractivity (Wildman–Crippen MR) is 216 cm³/mol. The molecule has 4 heterocycles. The zero-order valence-electron chi connectivity index (χ0n) is 32.9. The molecule has 0 aliphatic heterocycles. The Labute approximate surface area is 342 Å². The van der Waals surface area contributed by atoms with Crippen LogP contribution in [-0.2, 0) is 44.4 Å². The van der Waals surface area contributed by atoms with Crippen LogP contribution < -0.4 is 21.3 Å². The summed E-state index contributed by atoms with van der Waals surface area (Å²) in [6, 6.07) is 9.49. The highest BCUT2D eigenvalue weighted by atomic mass is 32.2. The number of anilines is 1. The molecule has 0 aliphatic carbocycles. The number of ether oxygens (including phenoxy) is 2. The molecule has 0 saturated heterocycles. The van der Waals surface area contributed by atoms with Crippen LogP contribution in [0.2, 0.25) is 0 Å². The Balaban J connectivity index is 1.20. The number of carbonyl (C=O) groups is 2. The number of aromatic nitrogens is 6. The van der Waals surface area contributed by atoms with E-state index in [4.69, 9.17) is 9.47 Å². The van der Waals surface area contributed by atoms with Crippen molar-refractivity contribution in [3.8, 4) is 16.9 Å². The van der Waals surface area contributed by atoms with Gasteiger partial charge in [-0.25, -0.2) is 46.3 Å². The van der Waals surface area contributed by atoms with Crippen LogP contribution >= 0.6 is 0 Å². The number of methoxy groups -OCH3 is 1. The fraction of sp³-hybridized carbons (Fsp3) is 0.268. The van der Waals surface area contributed by atoms with Crippen LogP contribution in [0.25, 0.3) is 27.8 Å². The first-order valence-corrected chi connectivity index (χ1v) is 20.1. The van der Waals surface area contributed by atoms with Crippen LogP contribution in [0.3, 0.4) is 0 Å². The summed E-state index contributed by atoms with van der Waals surface area (Å²) >= 11 is 0. The van der Waals surface area contributed by atoms with Crippen molar-refractivity contribution in [3.63, 3.8) is 0 Å². The Hall–Kier alpha value is -6.73. The molecule has 312 valence electrons. The Morgan fingerprint density at radius 3 is 2.25 bits per heavy atom. The molecule has 0 spiro atoms. The zero-order valence-corrected chi connectivity index (χ0v) is 33.7. The molecule has 2 aromatic carbocycles. The number of nitrogens with one attached hydrogen (secondary N) is 2. The van der Waals surface area contributed by atoms with E-state index in [2.05, 4.69) is 25.3 Å². The molecule has 0 radical (unpaired) electrons. The number of fused-ring (bicyclic) bond motifs is 1. The zero-order chi connectivity index (χ0) is 43.1. The Bertz CT molecular complexity index is 2760. The van der Waals surface area contributed by atoms with Crippen LogP contribution in [0.1, 0.15) is 48.4 Å². The normalized spacial score (nSPS) is 12.1. The molecule has 16 nitrogen and oxygen atoms in total. The summed E-state index contributed by atoms with van der Waals surface area (Å²) in [5, 5.41) is 2.64. The molecule has 19 heteroatoms. The van der Waals surface area contributed by atoms with E-state index in [9.17, 15) is 27.6 Å². The standard InChI is InChI=1S/C41H40F2N8O8S/c1-5-24(6-2)22-59-40(54)34(15-25-7-12-37(47-18-25)51-39(53)29-13-14-44-21-35(29)50(3)41(51)55)48-38(52)30-16-32(43)33(17-31(30)42)49-60(56,57)28-10-8-26(9-11-28)27-19-45-36(23-58-4)46-20-27/h7-14,16-21,24,34,49H,5-6,15,22-23H2,1-4H3,(H,48,52)/t34-/m0/s1. The number of esters is 1. The van der Waals surface area contributed by atoms with Crippen molar-refractivity contribution in [2.75, 3.05) is 18.4 Å². The maximum atomic E-state index is 15.5. The van der Waals surface area contributed by atoms with Crippen LogP contribution in [0, 0.1) is 17.6 Å². The summed E-state index contributed by atoms with van der Waals surface area (Å²) in [7, 11) is -1.44. The lowest BCUT2D eigenvalue weighted by molar-refractivity contribution is -0.147. The smallest absolute Gasteiger partial charge is 0.337 e. The monoisotopic (exact) mass is 842 g/mol. The van der Waals surface area contributed by atoms with E-state index in [1.54, 1.807) is 12.4 Å². The maximum absolute atomic E-state index is 15.5. The third-order valence-corrected chi connectivity index (χ3v) is 11.2. The van der Waals surface area contributed by atoms with E-state index < -0.39 is 62.1 Å². The second-order valence-electron chi connectivity index (χ2n) is 13.7. The van der Waals surface area contributed by atoms with Gasteiger partial charge in [0, 0.05) is 57.0 Å². The number of hydrogen-bond donors (Lipinski definition) is 2. The van der Waals surface area contributed by atoms with Gasteiger partial charge in [0.05, 0.1) is 39.9 Å². The lowest BCUT2D eigenvalue weighted by atomic mass is 10.0. The predicted octanol–water partition coefficient (Wildman–Crippen LogP) is 4.48. The third-order valence-electron chi connectivity index (χ3n) is 9.78. The number of aryl methyl sites for hydroxylation is 1. The fourth-order valence-electron chi connectivity index (χ4n) is 6.19. The molecule has 0 unspecified atom stereocenters. The molecule has 6 aromatic rings. The second kappa shape index (κ2) is 18.5. The molecule has 0 aliphatic rings. The van der Waals surface area contributed by atoms with Crippen LogP contribution in [0.15, 0.2) is 100 Å². The SMILES string of the molecule is CCC(CC)COC(=O)[C@H](Cc1ccc(-n2c(=O)c3ccncc3n(C)c2=O)nc1)NC(=O)c1cc(F)c(NS(=O)(=O)c2ccc(-c3cnc(COC)nc3)cc2)cc1F. The molecular weight excluding hydrogens is 803 g/mol. The molecule has 0 fully saturated rings. The Kier molecular flexibility index (Phi) is 13.2. The van der Waals surface area contributed by atoms with E-state index in [-0.39, 0.29) is 41.7 Å². The van der Waals surface area contributed by atoms with E-state index in [0.29, 0.717) is 53.0 Å². The lowest BCUT2D eigenvalue weighted by Crippen LogP contribution is -2.44. The van der Waals surface area contributed by atoms with Crippen molar-refractivity contribution in [2.45, 2.75) is 50.7 Å². The highest BCUT2D eigenvalue weighted by Crippen LogP contribution is 2.25. The van der Waals surface area contributed by atoms with Crippen molar-refractivity contribution >= 4 is 38.5 Å². The largest absolute Gasteiger partial charge is 0.464 e. The number of sulfonamides is 1. The maximum Gasteiger partial charge on any atom is 0.337 e. The molecule has 4 aromatic heterocycles. The van der Waals surface area contributed by atoms with Crippen LogP contribution in [0.4, 0.5) is 14.5 Å². The fourth-order valence-corrected chi connectivity index (χ4v) is 7.25. The summed E-state index contributed by atoms with van der Waals surface area (Å²) < 4.78 is 72.0. The van der Waals surface area contributed by atoms with Gasteiger partial charge in [-0.05, 0) is 47.4 Å². The van der Waals surface area contributed by atoms with E-state index in [1.807, 2.05) is 18.6 Å². The van der Waals surface area contributed by atoms with Gasteiger partial charge in [-0.1, -0.05) is 44.9 Å². The summed E-state index contributed by atoms with van der Waals surface area (Å²) in [4.78, 5) is 69.6. The lowest BCUT2D eigenvalue weighted by Gasteiger charge is -2.20. The molecular formula is C41H40F2N8O8S. The molecule has 1 atom stereocenters. The van der Waals surface area contributed by atoms with Crippen molar-refractivity contribution in [1.82, 2.24) is 34.4 Å². The first-order chi connectivity index (χ1) is 28.7. The summed E-state index contributed by atoms with van der Waals surface area (Å²) in [5.41, 5.74) is -0.981. The van der Waals surface area contributed by atoms with Gasteiger partial charge in [-0.3, -0.25) is 23.9 Å². The van der Waals surface area contributed by atoms with E-state index in [0.717, 1.165) is 4.57 Å².